The fourth-order valence-corrected chi connectivity index (χ4v) is 2.54. The van der Waals surface area contributed by atoms with Gasteiger partial charge < -0.3 is 15.6 Å². The number of carbonyl (C=O) groups is 1. The standard InChI is InChI=1S/C16H23N3O/c1-11-5-4-6-14-15(11)13(10-19-14)7-8-18-16(20)12(2)9-17-3/h4-6,10,12,17,19H,7-9H2,1-3H3,(H,18,20). The summed E-state index contributed by atoms with van der Waals surface area (Å²) >= 11 is 0. The summed E-state index contributed by atoms with van der Waals surface area (Å²) in [6.07, 6.45) is 2.89. The van der Waals surface area contributed by atoms with Crippen molar-refractivity contribution >= 4 is 16.8 Å². The maximum atomic E-state index is 11.8. The number of aromatic amines is 1. The van der Waals surface area contributed by atoms with Gasteiger partial charge in [-0.25, -0.2) is 0 Å². The van der Waals surface area contributed by atoms with Gasteiger partial charge in [0.1, 0.15) is 0 Å². The summed E-state index contributed by atoms with van der Waals surface area (Å²) in [5.74, 6) is 0.112. The first kappa shape index (κ1) is 14.6. The zero-order valence-electron chi connectivity index (χ0n) is 12.4. The number of amides is 1. The number of benzene rings is 1. The van der Waals surface area contributed by atoms with Crippen molar-refractivity contribution in [2.45, 2.75) is 20.3 Å². The first-order chi connectivity index (χ1) is 9.63. The Balaban J connectivity index is 1.95. The molecule has 0 fully saturated rings. The van der Waals surface area contributed by atoms with Gasteiger partial charge >= 0.3 is 0 Å². The molecule has 0 saturated carbocycles. The highest BCUT2D eigenvalue weighted by atomic mass is 16.1. The molecule has 0 aliphatic carbocycles. The van der Waals surface area contributed by atoms with E-state index in [1.807, 2.05) is 20.2 Å². The van der Waals surface area contributed by atoms with Crippen LogP contribution in [0.1, 0.15) is 18.1 Å². The minimum Gasteiger partial charge on any atom is -0.361 e. The summed E-state index contributed by atoms with van der Waals surface area (Å²) in [6, 6.07) is 6.26. The smallest absolute Gasteiger partial charge is 0.224 e. The second-order valence-corrected chi connectivity index (χ2v) is 5.31. The molecule has 4 nitrogen and oxygen atoms in total. The number of carbonyl (C=O) groups excluding carboxylic acids is 1. The Kier molecular flexibility index (Phi) is 4.79. The van der Waals surface area contributed by atoms with Crippen LogP contribution in [0.4, 0.5) is 0 Å². The van der Waals surface area contributed by atoms with Crippen LogP contribution in [-0.4, -0.2) is 31.0 Å². The molecule has 1 amide bonds. The second kappa shape index (κ2) is 6.57. The Morgan fingerprint density at radius 3 is 2.95 bits per heavy atom. The first-order valence-electron chi connectivity index (χ1n) is 7.11. The van der Waals surface area contributed by atoms with Crippen LogP contribution in [0.3, 0.4) is 0 Å². The molecule has 4 heteroatoms. The minimum absolute atomic E-state index is 0.00436. The third-order valence-corrected chi connectivity index (χ3v) is 3.65. The topological polar surface area (TPSA) is 56.9 Å². The van der Waals surface area contributed by atoms with Gasteiger partial charge in [-0.2, -0.15) is 0 Å². The van der Waals surface area contributed by atoms with E-state index < -0.39 is 0 Å². The molecule has 20 heavy (non-hydrogen) atoms. The molecule has 0 spiro atoms. The number of rotatable bonds is 6. The lowest BCUT2D eigenvalue weighted by molar-refractivity contribution is -0.124. The molecular formula is C16H23N3O. The first-order valence-corrected chi connectivity index (χ1v) is 7.11. The third-order valence-electron chi connectivity index (χ3n) is 3.65. The molecule has 1 aromatic carbocycles. The van der Waals surface area contributed by atoms with E-state index in [9.17, 15) is 4.79 Å². The number of hydrogen-bond donors (Lipinski definition) is 3. The largest absolute Gasteiger partial charge is 0.361 e. The minimum atomic E-state index is 0.00436. The predicted molar refractivity (Wildman–Crippen MR) is 82.8 cm³/mol. The van der Waals surface area contributed by atoms with Crippen LogP contribution in [0, 0.1) is 12.8 Å². The number of H-pyrrole nitrogens is 1. The Morgan fingerprint density at radius 2 is 2.20 bits per heavy atom. The molecule has 0 aliphatic rings. The maximum absolute atomic E-state index is 11.8. The van der Waals surface area contributed by atoms with Crippen molar-refractivity contribution < 1.29 is 4.79 Å². The van der Waals surface area contributed by atoms with Crippen molar-refractivity contribution in [3.63, 3.8) is 0 Å². The van der Waals surface area contributed by atoms with E-state index in [0.717, 1.165) is 11.9 Å². The van der Waals surface area contributed by atoms with Crippen LogP contribution in [0.25, 0.3) is 10.9 Å². The zero-order valence-corrected chi connectivity index (χ0v) is 12.4. The van der Waals surface area contributed by atoms with Crippen LogP contribution in [0.15, 0.2) is 24.4 Å². The lowest BCUT2D eigenvalue weighted by atomic mass is 10.1. The van der Waals surface area contributed by atoms with Gasteiger partial charge in [0.25, 0.3) is 0 Å². The van der Waals surface area contributed by atoms with Crippen LogP contribution < -0.4 is 10.6 Å². The quantitative estimate of drug-likeness (QED) is 0.754. The van der Waals surface area contributed by atoms with Gasteiger partial charge in [0.15, 0.2) is 0 Å². The fourth-order valence-electron chi connectivity index (χ4n) is 2.54. The van der Waals surface area contributed by atoms with Gasteiger partial charge in [0, 0.05) is 36.1 Å². The summed E-state index contributed by atoms with van der Waals surface area (Å²) < 4.78 is 0. The van der Waals surface area contributed by atoms with Crippen molar-refractivity contribution in [3.05, 3.63) is 35.5 Å². The molecule has 0 saturated heterocycles. The van der Waals surface area contributed by atoms with Gasteiger partial charge in [0.05, 0.1) is 0 Å². The van der Waals surface area contributed by atoms with Crippen LogP contribution in [0.5, 0.6) is 0 Å². The average Bonchev–Trinajstić information content (AvgIpc) is 2.83. The van der Waals surface area contributed by atoms with Crippen molar-refractivity contribution in [2.75, 3.05) is 20.1 Å². The molecule has 0 bridgehead atoms. The highest BCUT2D eigenvalue weighted by Crippen LogP contribution is 2.22. The van der Waals surface area contributed by atoms with E-state index >= 15 is 0 Å². The Morgan fingerprint density at radius 1 is 1.40 bits per heavy atom. The summed E-state index contributed by atoms with van der Waals surface area (Å²) in [5, 5.41) is 7.30. The second-order valence-electron chi connectivity index (χ2n) is 5.31. The van der Waals surface area contributed by atoms with Gasteiger partial charge in [-0.15, -0.1) is 0 Å². The Bertz CT molecular complexity index is 588. The molecule has 1 heterocycles. The molecule has 0 radical (unpaired) electrons. The molecule has 3 N–H and O–H groups in total. The molecule has 108 valence electrons. The Labute approximate surface area is 120 Å². The molecule has 1 aromatic heterocycles. The fraction of sp³-hybridized carbons (Fsp3) is 0.438. The number of aromatic nitrogens is 1. The third kappa shape index (κ3) is 3.20. The Hall–Kier alpha value is -1.81. The molecule has 2 rings (SSSR count). The van der Waals surface area contributed by atoms with Crippen molar-refractivity contribution in [2.24, 2.45) is 5.92 Å². The predicted octanol–water partition coefficient (Wildman–Crippen LogP) is 1.99. The van der Waals surface area contributed by atoms with Gasteiger partial charge in [0.2, 0.25) is 5.91 Å². The molecule has 1 atom stereocenters. The van der Waals surface area contributed by atoms with Crippen LogP contribution in [0.2, 0.25) is 0 Å². The lowest BCUT2D eigenvalue weighted by Gasteiger charge is -2.11. The molecular weight excluding hydrogens is 250 g/mol. The summed E-state index contributed by atoms with van der Waals surface area (Å²) in [7, 11) is 1.86. The number of fused-ring (bicyclic) bond motifs is 1. The summed E-state index contributed by atoms with van der Waals surface area (Å²) in [6.45, 7) is 5.43. The maximum Gasteiger partial charge on any atom is 0.224 e. The lowest BCUT2D eigenvalue weighted by Crippen LogP contribution is -2.35. The van der Waals surface area contributed by atoms with Crippen molar-refractivity contribution in [1.29, 1.82) is 0 Å². The van der Waals surface area contributed by atoms with E-state index in [1.54, 1.807) is 0 Å². The molecule has 0 aliphatic heterocycles. The van der Waals surface area contributed by atoms with Gasteiger partial charge in [-0.3, -0.25) is 4.79 Å². The van der Waals surface area contributed by atoms with Crippen molar-refractivity contribution in [3.8, 4) is 0 Å². The highest BCUT2D eigenvalue weighted by Gasteiger charge is 2.11. The SMILES string of the molecule is CNCC(C)C(=O)NCCc1c[nH]c2cccc(C)c12. The number of aryl methyl sites for hydroxylation is 1. The zero-order chi connectivity index (χ0) is 14.5. The monoisotopic (exact) mass is 273 g/mol. The average molecular weight is 273 g/mol. The number of nitrogens with one attached hydrogen (secondary N) is 3. The molecule has 1 unspecified atom stereocenters. The van der Waals surface area contributed by atoms with Crippen LogP contribution in [-0.2, 0) is 11.2 Å². The number of hydrogen-bond acceptors (Lipinski definition) is 2. The van der Waals surface area contributed by atoms with E-state index in [2.05, 4.69) is 40.7 Å². The van der Waals surface area contributed by atoms with Gasteiger partial charge in [-0.05, 0) is 37.6 Å². The molecule has 2 aromatic rings. The van der Waals surface area contributed by atoms with E-state index in [4.69, 9.17) is 0 Å². The highest BCUT2D eigenvalue weighted by molar-refractivity contribution is 5.86. The van der Waals surface area contributed by atoms with E-state index in [-0.39, 0.29) is 11.8 Å². The van der Waals surface area contributed by atoms with E-state index in [0.29, 0.717) is 13.1 Å². The summed E-state index contributed by atoms with van der Waals surface area (Å²) in [5.41, 5.74) is 3.70. The van der Waals surface area contributed by atoms with E-state index in [1.165, 1.54) is 16.5 Å². The normalized spacial score (nSPS) is 12.6. The van der Waals surface area contributed by atoms with Crippen molar-refractivity contribution in [1.82, 2.24) is 15.6 Å². The van der Waals surface area contributed by atoms with Crippen LogP contribution >= 0.6 is 0 Å². The van der Waals surface area contributed by atoms with Gasteiger partial charge in [-0.1, -0.05) is 19.1 Å². The summed E-state index contributed by atoms with van der Waals surface area (Å²) in [4.78, 5) is 15.1.